The molecule has 0 heterocycles. The summed E-state index contributed by atoms with van der Waals surface area (Å²) in [6.07, 6.45) is 8.23. The second-order valence-electron chi connectivity index (χ2n) is 7.73. The number of benzene rings is 2. The molecule has 0 saturated heterocycles. The fourth-order valence-electron chi connectivity index (χ4n) is 3.38. The van der Waals surface area contributed by atoms with E-state index < -0.39 is 0 Å². The summed E-state index contributed by atoms with van der Waals surface area (Å²) in [6.45, 7) is 7.49. The van der Waals surface area contributed by atoms with Gasteiger partial charge in [0.15, 0.2) is 0 Å². The Morgan fingerprint density at radius 1 is 1.00 bits per heavy atom. The van der Waals surface area contributed by atoms with Crippen LogP contribution in [-0.2, 0) is 11.3 Å². The third-order valence-electron chi connectivity index (χ3n) is 4.94. The molecular weight excluding hydrogens is 418 g/mol. The largest absolute Gasteiger partial charge is 0.493 e. The first-order valence-corrected chi connectivity index (χ1v) is 12.5. The zero-order valence-corrected chi connectivity index (χ0v) is 20.7. The average Bonchev–Trinajstić information content (AvgIpc) is 2.78. The minimum Gasteiger partial charge on any atom is -0.493 e. The number of aryl methyl sites for hydroxylation is 2. The van der Waals surface area contributed by atoms with E-state index in [1.807, 2.05) is 36.9 Å². The smallest absolute Gasteiger partial charge is 0.125 e. The van der Waals surface area contributed by atoms with Crippen LogP contribution in [0.4, 0.5) is 0 Å². The summed E-state index contributed by atoms with van der Waals surface area (Å²) >= 11 is 1.92. The van der Waals surface area contributed by atoms with E-state index >= 15 is 0 Å². The van der Waals surface area contributed by atoms with Crippen molar-refractivity contribution in [2.24, 2.45) is 5.16 Å². The fraction of sp³-hybridized carbons (Fsp3) is 0.444. The summed E-state index contributed by atoms with van der Waals surface area (Å²) in [5.74, 6) is 3.90. The van der Waals surface area contributed by atoms with Gasteiger partial charge in [0, 0.05) is 12.2 Å². The molecule has 2 aromatic carbocycles. The van der Waals surface area contributed by atoms with E-state index in [9.17, 15) is 0 Å². The van der Waals surface area contributed by atoms with Gasteiger partial charge in [0.05, 0.1) is 12.3 Å². The summed E-state index contributed by atoms with van der Waals surface area (Å²) in [5, 5.41) is 4.21. The number of nitrogens with zero attached hydrogens (tertiary/aromatic N) is 1. The molecule has 0 bridgehead atoms. The average molecular weight is 456 g/mol. The number of hydrogen-bond acceptors (Lipinski definition) is 5. The molecule has 0 aromatic heterocycles. The molecule has 4 nitrogen and oxygen atoms in total. The second kappa shape index (κ2) is 15.4. The molecule has 0 aliphatic rings. The molecule has 0 unspecified atom stereocenters. The van der Waals surface area contributed by atoms with Crippen LogP contribution in [0.1, 0.15) is 42.9 Å². The normalized spacial score (nSPS) is 11.7. The Morgan fingerprint density at radius 2 is 1.75 bits per heavy atom. The first-order chi connectivity index (χ1) is 15.6. The van der Waals surface area contributed by atoms with E-state index in [1.54, 1.807) is 7.11 Å². The molecule has 0 N–H and O–H groups in total. The third-order valence-corrected chi connectivity index (χ3v) is 6.05. The Bertz CT molecular complexity index is 826. The first kappa shape index (κ1) is 25.9. The summed E-state index contributed by atoms with van der Waals surface area (Å²) in [6, 6.07) is 14.5. The van der Waals surface area contributed by atoms with Crippen LogP contribution >= 0.6 is 11.8 Å². The third kappa shape index (κ3) is 9.82. The minimum absolute atomic E-state index is 0.596. The van der Waals surface area contributed by atoms with Crippen molar-refractivity contribution in [1.29, 1.82) is 0 Å². The van der Waals surface area contributed by atoms with E-state index in [0.29, 0.717) is 6.61 Å². The van der Waals surface area contributed by atoms with Crippen LogP contribution in [0.5, 0.6) is 11.5 Å². The van der Waals surface area contributed by atoms with Gasteiger partial charge in [-0.2, -0.15) is 11.8 Å². The van der Waals surface area contributed by atoms with Gasteiger partial charge < -0.3 is 14.3 Å². The van der Waals surface area contributed by atoms with Crippen molar-refractivity contribution >= 4 is 17.5 Å². The molecule has 0 fully saturated rings. The van der Waals surface area contributed by atoms with Crippen molar-refractivity contribution in [3.8, 4) is 11.5 Å². The number of rotatable bonds is 15. The molecule has 5 heteroatoms. The van der Waals surface area contributed by atoms with Crippen LogP contribution in [-0.4, -0.2) is 37.5 Å². The molecule has 0 amide bonds. The lowest BCUT2D eigenvalue weighted by Crippen LogP contribution is -2.08. The van der Waals surface area contributed by atoms with Crippen LogP contribution in [0.2, 0.25) is 0 Å². The van der Waals surface area contributed by atoms with Crippen LogP contribution in [0.15, 0.2) is 59.8 Å². The van der Waals surface area contributed by atoms with Gasteiger partial charge in [-0.3, -0.25) is 0 Å². The molecule has 174 valence electrons. The van der Waals surface area contributed by atoms with Crippen LogP contribution < -0.4 is 9.47 Å². The number of oxime groups is 1. The zero-order valence-electron chi connectivity index (χ0n) is 19.9. The Kier molecular flexibility index (Phi) is 12.5. The summed E-state index contributed by atoms with van der Waals surface area (Å²) in [5.41, 5.74) is 4.60. The maximum absolute atomic E-state index is 6.08. The topological polar surface area (TPSA) is 40.0 Å². The Labute approximate surface area is 198 Å². The molecule has 0 saturated carbocycles. The van der Waals surface area contributed by atoms with Crippen LogP contribution in [0.3, 0.4) is 0 Å². The minimum atomic E-state index is 0.596. The van der Waals surface area contributed by atoms with Gasteiger partial charge in [0.25, 0.3) is 0 Å². The highest BCUT2D eigenvalue weighted by atomic mass is 32.2. The summed E-state index contributed by atoms with van der Waals surface area (Å²) < 4.78 is 11.8. The van der Waals surface area contributed by atoms with Crippen molar-refractivity contribution in [3.63, 3.8) is 0 Å². The van der Waals surface area contributed by atoms with Gasteiger partial charge in [-0.1, -0.05) is 47.6 Å². The second-order valence-corrected chi connectivity index (χ2v) is 8.84. The van der Waals surface area contributed by atoms with Crippen molar-refractivity contribution in [1.82, 2.24) is 0 Å². The Morgan fingerprint density at radius 3 is 2.44 bits per heavy atom. The standard InChI is InChI=1S/C27H37NO3S/c1-5-6-15-30-26-18-22(2)27(23(3)19-26)31-16-11-8-12-17-32-21-25(28-29-4)20-24-13-9-7-10-14-24/h5-7,9-10,13-14,18-19H,8,11-12,15-17,20-21H2,1-4H3/b6-5+,28-25+. The van der Waals surface area contributed by atoms with E-state index in [4.69, 9.17) is 14.3 Å². The number of thioether (sulfide) groups is 1. The van der Waals surface area contributed by atoms with Gasteiger partial charge in [0.2, 0.25) is 0 Å². The molecule has 0 atom stereocenters. The monoisotopic (exact) mass is 455 g/mol. The molecule has 32 heavy (non-hydrogen) atoms. The maximum Gasteiger partial charge on any atom is 0.125 e. The highest BCUT2D eigenvalue weighted by molar-refractivity contribution is 7.99. The van der Waals surface area contributed by atoms with Gasteiger partial charge >= 0.3 is 0 Å². The van der Waals surface area contributed by atoms with Crippen LogP contribution in [0.25, 0.3) is 0 Å². The molecule has 0 aliphatic heterocycles. The number of unbranched alkanes of at least 4 members (excludes halogenated alkanes) is 2. The van der Waals surface area contributed by atoms with Crippen molar-refractivity contribution < 1.29 is 14.3 Å². The predicted octanol–water partition coefficient (Wildman–Crippen LogP) is 6.79. The number of ether oxygens (including phenoxy) is 2. The summed E-state index contributed by atoms with van der Waals surface area (Å²) in [7, 11) is 1.61. The Balaban J connectivity index is 1.63. The number of allylic oxidation sites excluding steroid dienone is 1. The van der Waals surface area contributed by atoms with Gasteiger partial charge in [0.1, 0.15) is 25.2 Å². The SMILES string of the molecule is C/C=C/COc1cc(C)c(OCCCCCSC/C(Cc2ccccc2)=N/OC)c(C)c1. The van der Waals surface area contributed by atoms with Gasteiger partial charge in [-0.15, -0.1) is 0 Å². The highest BCUT2D eigenvalue weighted by Gasteiger charge is 2.07. The van der Waals surface area contributed by atoms with Gasteiger partial charge in [-0.05, 0) is 74.6 Å². The molecule has 2 rings (SSSR count). The van der Waals surface area contributed by atoms with Crippen molar-refractivity contribution in [2.45, 2.75) is 46.5 Å². The Hall–Kier alpha value is -2.40. The highest BCUT2D eigenvalue weighted by Crippen LogP contribution is 2.28. The number of hydrogen-bond donors (Lipinski definition) is 0. The predicted molar refractivity (Wildman–Crippen MR) is 137 cm³/mol. The van der Waals surface area contributed by atoms with E-state index in [-0.39, 0.29) is 0 Å². The maximum atomic E-state index is 6.08. The lowest BCUT2D eigenvalue weighted by Gasteiger charge is -2.14. The van der Waals surface area contributed by atoms with Crippen LogP contribution in [0, 0.1) is 13.8 Å². The molecule has 2 aromatic rings. The van der Waals surface area contributed by atoms with E-state index in [2.05, 4.69) is 55.4 Å². The van der Waals surface area contributed by atoms with Crippen molar-refractivity contribution in [3.05, 3.63) is 71.3 Å². The van der Waals surface area contributed by atoms with E-state index in [1.165, 1.54) is 12.0 Å². The molecule has 0 aliphatic carbocycles. The van der Waals surface area contributed by atoms with Gasteiger partial charge in [-0.25, -0.2) is 0 Å². The van der Waals surface area contributed by atoms with Crippen molar-refractivity contribution in [2.75, 3.05) is 31.8 Å². The lowest BCUT2D eigenvalue weighted by atomic mass is 10.1. The molecule has 0 spiro atoms. The molecule has 0 radical (unpaired) electrons. The van der Waals surface area contributed by atoms with E-state index in [0.717, 1.165) is 65.7 Å². The fourth-order valence-corrected chi connectivity index (χ4v) is 4.32. The summed E-state index contributed by atoms with van der Waals surface area (Å²) in [4.78, 5) is 5.03. The quantitative estimate of drug-likeness (QED) is 0.128. The lowest BCUT2D eigenvalue weighted by molar-refractivity contribution is 0.212. The molecular formula is C27H37NO3S. The zero-order chi connectivity index (χ0) is 23.0. The first-order valence-electron chi connectivity index (χ1n) is 11.3.